The van der Waals surface area contributed by atoms with Gasteiger partial charge in [-0.3, -0.25) is 14.9 Å². The molecule has 2 heterocycles. The molecule has 0 unspecified atom stereocenters. The number of aliphatic hydroxyl groups is 3. The minimum atomic E-state index is -1.44. The van der Waals surface area contributed by atoms with E-state index in [0.717, 1.165) is 6.33 Å². The normalized spacial score (nSPS) is 29.4. The molecule has 1 saturated heterocycles. The molecule has 1 aromatic heterocycles. The Kier molecular flexibility index (Phi) is 3.94. The molecule has 0 radical (unpaired) electrons. The Labute approximate surface area is 111 Å². The fourth-order valence-corrected chi connectivity index (χ4v) is 1.82. The van der Waals surface area contributed by atoms with Crippen molar-refractivity contribution in [3.8, 4) is 0 Å². The maximum atomic E-state index is 11.4. The number of nitro groups is 1. The molecule has 4 atom stereocenters. The Morgan fingerprint density at radius 3 is 2.75 bits per heavy atom. The van der Waals surface area contributed by atoms with Crippen LogP contribution in [0.15, 0.2) is 11.1 Å². The summed E-state index contributed by atoms with van der Waals surface area (Å²) in [6.07, 6.45) is -4.14. The third-order valence-corrected chi connectivity index (χ3v) is 2.83. The summed E-state index contributed by atoms with van der Waals surface area (Å²) >= 11 is 0. The second-order valence-electron chi connectivity index (χ2n) is 4.09. The smallest absolute Gasteiger partial charge is 0.375 e. The number of aliphatic hydroxyl groups excluding tert-OH is 3. The first-order valence-corrected chi connectivity index (χ1v) is 5.56. The van der Waals surface area contributed by atoms with Crippen molar-refractivity contribution in [3.05, 3.63) is 26.8 Å². The van der Waals surface area contributed by atoms with Crippen molar-refractivity contribution < 1.29 is 25.0 Å². The quantitative estimate of drug-likeness (QED) is 0.297. The van der Waals surface area contributed by atoms with Crippen molar-refractivity contribution in [2.24, 2.45) is 0 Å². The van der Waals surface area contributed by atoms with Gasteiger partial charge >= 0.3 is 11.2 Å². The number of aromatic nitrogens is 2. The number of ether oxygens (including phenoxy) is 1. The first-order chi connectivity index (χ1) is 9.45. The van der Waals surface area contributed by atoms with Crippen LogP contribution < -0.4 is 10.9 Å². The van der Waals surface area contributed by atoms with E-state index in [1.807, 2.05) is 4.98 Å². The van der Waals surface area contributed by atoms with Gasteiger partial charge < -0.3 is 30.4 Å². The van der Waals surface area contributed by atoms with Gasteiger partial charge in [-0.15, -0.1) is 0 Å². The summed E-state index contributed by atoms with van der Waals surface area (Å²) in [5, 5.41) is 41.3. The van der Waals surface area contributed by atoms with Gasteiger partial charge in [0.2, 0.25) is 5.82 Å². The Bertz CT molecular complexity index is 561. The van der Waals surface area contributed by atoms with E-state index >= 15 is 0 Å². The zero-order valence-electron chi connectivity index (χ0n) is 9.96. The lowest BCUT2D eigenvalue weighted by Crippen LogP contribution is -2.37. The number of nitrogens with one attached hydrogen (secondary N) is 2. The maximum Gasteiger partial charge on any atom is 0.375 e. The number of rotatable bonds is 4. The van der Waals surface area contributed by atoms with Crippen LogP contribution in [0.4, 0.5) is 11.5 Å². The number of aromatic amines is 1. The predicted molar refractivity (Wildman–Crippen MR) is 62.9 cm³/mol. The SMILES string of the molecule is O=c1[nH]cnc(N[C@@H]2O[C@H](CO)[C@@H](O)[C@H]2O)c1[N+](=O)[O-]. The van der Waals surface area contributed by atoms with Crippen molar-refractivity contribution in [2.45, 2.75) is 24.5 Å². The summed E-state index contributed by atoms with van der Waals surface area (Å²) in [7, 11) is 0. The summed E-state index contributed by atoms with van der Waals surface area (Å²) in [6.45, 7) is -0.540. The summed E-state index contributed by atoms with van der Waals surface area (Å²) in [5.41, 5.74) is -1.82. The lowest BCUT2D eigenvalue weighted by atomic mass is 10.1. The van der Waals surface area contributed by atoms with Crippen LogP contribution >= 0.6 is 0 Å². The number of anilines is 1. The first kappa shape index (κ1) is 14.3. The Hall–Kier alpha value is -2.08. The van der Waals surface area contributed by atoms with Gasteiger partial charge in [0.15, 0.2) is 6.23 Å². The zero-order valence-corrected chi connectivity index (χ0v) is 9.96. The third-order valence-electron chi connectivity index (χ3n) is 2.83. The molecule has 2 rings (SSSR count). The summed E-state index contributed by atoms with van der Waals surface area (Å²) in [5.74, 6) is -0.409. The van der Waals surface area contributed by atoms with E-state index in [9.17, 15) is 25.1 Å². The van der Waals surface area contributed by atoms with E-state index in [1.165, 1.54) is 0 Å². The average molecular weight is 288 g/mol. The Balaban J connectivity index is 2.25. The van der Waals surface area contributed by atoms with Crippen LogP contribution in [0, 0.1) is 10.1 Å². The fraction of sp³-hybridized carbons (Fsp3) is 0.556. The molecule has 1 fully saturated rings. The van der Waals surface area contributed by atoms with E-state index in [0.29, 0.717) is 0 Å². The van der Waals surface area contributed by atoms with E-state index in [-0.39, 0.29) is 0 Å². The number of H-pyrrole nitrogens is 1. The van der Waals surface area contributed by atoms with Gasteiger partial charge in [-0.05, 0) is 0 Å². The summed E-state index contributed by atoms with van der Waals surface area (Å²) in [6, 6.07) is 0. The molecule has 1 aliphatic rings. The van der Waals surface area contributed by atoms with E-state index in [2.05, 4.69) is 10.3 Å². The molecule has 0 aromatic carbocycles. The van der Waals surface area contributed by atoms with Crippen LogP contribution in [0.5, 0.6) is 0 Å². The molecular weight excluding hydrogens is 276 g/mol. The lowest BCUT2D eigenvalue weighted by molar-refractivity contribution is -0.385. The highest BCUT2D eigenvalue weighted by Crippen LogP contribution is 2.24. The zero-order chi connectivity index (χ0) is 14.9. The van der Waals surface area contributed by atoms with E-state index < -0.39 is 53.1 Å². The topological polar surface area (TPSA) is 171 Å². The van der Waals surface area contributed by atoms with Gasteiger partial charge in [0.05, 0.1) is 17.9 Å². The van der Waals surface area contributed by atoms with Gasteiger partial charge in [-0.1, -0.05) is 0 Å². The molecule has 0 amide bonds. The highest BCUT2D eigenvalue weighted by atomic mass is 16.6. The van der Waals surface area contributed by atoms with Crippen molar-refractivity contribution in [1.29, 1.82) is 0 Å². The van der Waals surface area contributed by atoms with Crippen LogP contribution in [-0.2, 0) is 4.74 Å². The summed E-state index contributed by atoms with van der Waals surface area (Å²) < 4.78 is 5.08. The Morgan fingerprint density at radius 1 is 1.50 bits per heavy atom. The van der Waals surface area contributed by atoms with Crippen LogP contribution in [-0.4, -0.2) is 61.4 Å². The minimum Gasteiger partial charge on any atom is -0.394 e. The molecule has 0 saturated carbocycles. The van der Waals surface area contributed by atoms with Crippen LogP contribution in [0.25, 0.3) is 0 Å². The molecule has 20 heavy (non-hydrogen) atoms. The molecule has 0 bridgehead atoms. The number of nitrogens with zero attached hydrogens (tertiary/aromatic N) is 2. The van der Waals surface area contributed by atoms with Gasteiger partial charge in [0.25, 0.3) is 0 Å². The molecule has 5 N–H and O–H groups in total. The molecule has 0 aliphatic carbocycles. The summed E-state index contributed by atoms with van der Waals surface area (Å²) in [4.78, 5) is 26.8. The van der Waals surface area contributed by atoms with Gasteiger partial charge in [0, 0.05) is 0 Å². The average Bonchev–Trinajstić information content (AvgIpc) is 2.66. The Morgan fingerprint density at radius 2 is 2.20 bits per heavy atom. The fourth-order valence-electron chi connectivity index (χ4n) is 1.82. The number of hydrogen-bond donors (Lipinski definition) is 5. The number of hydrogen-bond acceptors (Lipinski definition) is 9. The van der Waals surface area contributed by atoms with Crippen molar-refractivity contribution in [3.63, 3.8) is 0 Å². The molecular formula is C9H12N4O7. The minimum absolute atomic E-state index is 0.409. The van der Waals surface area contributed by atoms with Crippen LogP contribution in [0.2, 0.25) is 0 Å². The van der Waals surface area contributed by atoms with Gasteiger partial charge in [-0.25, -0.2) is 4.98 Å². The van der Waals surface area contributed by atoms with Crippen molar-refractivity contribution >= 4 is 11.5 Å². The molecule has 0 spiro atoms. The first-order valence-electron chi connectivity index (χ1n) is 5.56. The monoisotopic (exact) mass is 288 g/mol. The lowest BCUT2D eigenvalue weighted by Gasteiger charge is -2.16. The highest BCUT2D eigenvalue weighted by Gasteiger charge is 2.43. The van der Waals surface area contributed by atoms with E-state index in [1.54, 1.807) is 0 Å². The third kappa shape index (κ3) is 2.46. The second kappa shape index (κ2) is 5.50. The van der Waals surface area contributed by atoms with Crippen molar-refractivity contribution in [1.82, 2.24) is 9.97 Å². The van der Waals surface area contributed by atoms with Gasteiger partial charge in [-0.2, -0.15) is 0 Å². The molecule has 1 aromatic rings. The second-order valence-corrected chi connectivity index (χ2v) is 4.09. The molecule has 1 aliphatic heterocycles. The van der Waals surface area contributed by atoms with Gasteiger partial charge in [0.1, 0.15) is 18.3 Å². The molecule has 11 nitrogen and oxygen atoms in total. The van der Waals surface area contributed by atoms with Crippen LogP contribution in [0.1, 0.15) is 0 Å². The standard InChI is InChI=1S/C9H12N4O7/c14-1-3-5(15)6(16)9(20-3)12-7-4(13(18)19)8(17)11-2-10-7/h2-3,5-6,9,14-16H,1H2,(H2,10,11,12,17)/t3-,5-,6-,9-/m1/s1. The maximum absolute atomic E-state index is 11.4. The van der Waals surface area contributed by atoms with Crippen LogP contribution in [0.3, 0.4) is 0 Å². The van der Waals surface area contributed by atoms with E-state index in [4.69, 9.17) is 9.84 Å². The van der Waals surface area contributed by atoms with Crippen molar-refractivity contribution in [2.75, 3.05) is 11.9 Å². The molecule has 110 valence electrons. The predicted octanol–water partition coefficient (Wildman–Crippen LogP) is -2.47. The highest BCUT2D eigenvalue weighted by molar-refractivity contribution is 5.54. The largest absolute Gasteiger partial charge is 0.394 e. The molecule has 11 heteroatoms.